The van der Waals surface area contributed by atoms with E-state index in [1.165, 1.54) is 0 Å². The molecule has 0 saturated heterocycles. The van der Waals surface area contributed by atoms with Crippen molar-refractivity contribution < 1.29 is 19.5 Å². The molecular weight excluding hydrogens is 260 g/mol. The second-order valence-electron chi connectivity index (χ2n) is 4.64. The number of carbonyl (C=O) groups is 3. The summed E-state index contributed by atoms with van der Waals surface area (Å²) in [6.07, 6.45) is -0.531. The molecule has 0 spiro atoms. The molecule has 0 aliphatic carbocycles. The molecule has 6 heteroatoms. The molecule has 0 bridgehead atoms. The summed E-state index contributed by atoms with van der Waals surface area (Å²) in [6, 6.07) is 6.64. The topological polar surface area (TPSA) is 95.5 Å². The zero-order valence-corrected chi connectivity index (χ0v) is 11.5. The van der Waals surface area contributed by atoms with Gasteiger partial charge in [0.1, 0.15) is 0 Å². The van der Waals surface area contributed by atoms with Crippen molar-refractivity contribution >= 4 is 23.6 Å². The Kier molecular flexibility index (Phi) is 5.71. The van der Waals surface area contributed by atoms with Gasteiger partial charge in [-0.25, -0.2) is 4.79 Å². The first-order valence-corrected chi connectivity index (χ1v) is 6.31. The van der Waals surface area contributed by atoms with Crippen LogP contribution in [0.15, 0.2) is 24.3 Å². The number of nitrogens with one attached hydrogen (secondary N) is 2. The van der Waals surface area contributed by atoms with Gasteiger partial charge in [0, 0.05) is 12.1 Å². The maximum atomic E-state index is 11.7. The lowest BCUT2D eigenvalue weighted by atomic mass is 10.0. The zero-order chi connectivity index (χ0) is 15.1. The SMILES string of the molecule is CC(C)c1ccccc1NC(=O)NC(=O)CCC(=O)O. The number of benzene rings is 1. The molecule has 108 valence electrons. The molecule has 0 unspecified atom stereocenters. The van der Waals surface area contributed by atoms with Gasteiger partial charge in [0.05, 0.1) is 6.42 Å². The minimum Gasteiger partial charge on any atom is -0.481 e. The normalized spacial score (nSPS) is 10.2. The van der Waals surface area contributed by atoms with E-state index < -0.39 is 17.9 Å². The highest BCUT2D eigenvalue weighted by Crippen LogP contribution is 2.23. The van der Waals surface area contributed by atoms with Crippen molar-refractivity contribution in [3.63, 3.8) is 0 Å². The molecule has 3 amide bonds. The Balaban J connectivity index is 2.58. The molecule has 6 nitrogen and oxygen atoms in total. The van der Waals surface area contributed by atoms with E-state index in [9.17, 15) is 14.4 Å². The van der Waals surface area contributed by atoms with Crippen LogP contribution in [0.1, 0.15) is 38.2 Å². The summed E-state index contributed by atoms with van der Waals surface area (Å²) in [5, 5.41) is 13.1. The third kappa shape index (κ3) is 5.09. The van der Waals surface area contributed by atoms with Gasteiger partial charge < -0.3 is 10.4 Å². The molecule has 1 aromatic carbocycles. The lowest BCUT2D eigenvalue weighted by molar-refractivity contribution is -0.138. The summed E-state index contributed by atoms with van der Waals surface area (Å²) in [7, 11) is 0. The molecule has 0 aliphatic rings. The Morgan fingerprint density at radius 2 is 1.80 bits per heavy atom. The number of hydrogen-bond donors (Lipinski definition) is 3. The molecule has 20 heavy (non-hydrogen) atoms. The third-order valence-electron chi connectivity index (χ3n) is 2.65. The van der Waals surface area contributed by atoms with E-state index in [2.05, 4.69) is 10.6 Å². The van der Waals surface area contributed by atoms with E-state index in [4.69, 9.17) is 5.11 Å². The number of anilines is 1. The summed E-state index contributed by atoms with van der Waals surface area (Å²) in [5.41, 5.74) is 1.59. The first kappa shape index (κ1) is 15.7. The van der Waals surface area contributed by atoms with Crippen molar-refractivity contribution in [3.8, 4) is 0 Å². The third-order valence-corrected chi connectivity index (χ3v) is 2.65. The van der Waals surface area contributed by atoms with Crippen molar-refractivity contribution in [1.29, 1.82) is 0 Å². The smallest absolute Gasteiger partial charge is 0.325 e. The first-order chi connectivity index (χ1) is 9.40. The van der Waals surface area contributed by atoms with Gasteiger partial charge in [-0.15, -0.1) is 0 Å². The van der Waals surface area contributed by atoms with E-state index in [-0.39, 0.29) is 18.8 Å². The fourth-order valence-corrected chi connectivity index (χ4v) is 1.68. The van der Waals surface area contributed by atoms with Crippen LogP contribution >= 0.6 is 0 Å². The number of carbonyl (C=O) groups excluding carboxylic acids is 2. The van der Waals surface area contributed by atoms with Crippen LogP contribution in [0.25, 0.3) is 0 Å². The zero-order valence-electron chi connectivity index (χ0n) is 11.5. The van der Waals surface area contributed by atoms with Gasteiger partial charge in [-0.2, -0.15) is 0 Å². The number of hydrogen-bond acceptors (Lipinski definition) is 3. The standard InChI is InChI=1S/C14H18N2O4/c1-9(2)10-5-3-4-6-11(10)15-14(20)16-12(17)7-8-13(18)19/h3-6,9H,7-8H2,1-2H3,(H,18,19)(H2,15,16,17,20). The number of carboxylic acid groups (broad SMARTS) is 1. The maximum absolute atomic E-state index is 11.7. The van der Waals surface area contributed by atoms with Crippen molar-refractivity contribution in [2.75, 3.05) is 5.32 Å². The van der Waals surface area contributed by atoms with Gasteiger partial charge in [0.2, 0.25) is 5.91 Å². The van der Waals surface area contributed by atoms with Crippen LogP contribution in [0.5, 0.6) is 0 Å². The first-order valence-electron chi connectivity index (χ1n) is 6.31. The van der Waals surface area contributed by atoms with Crippen LogP contribution in [0.3, 0.4) is 0 Å². The van der Waals surface area contributed by atoms with Crippen LogP contribution in [-0.2, 0) is 9.59 Å². The monoisotopic (exact) mass is 278 g/mol. The number of urea groups is 1. The minimum absolute atomic E-state index is 0.228. The van der Waals surface area contributed by atoms with Crippen molar-refractivity contribution in [3.05, 3.63) is 29.8 Å². The highest BCUT2D eigenvalue weighted by Gasteiger charge is 2.12. The number of carboxylic acids is 1. The number of imide groups is 1. The Labute approximate surface area is 117 Å². The lowest BCUT2D eigenvalue weighted by Crippen LogP contribution is -2.34. The molecule has 0 heterocycles. The maximum Gasteiger partial charge on any atom is 0.325 e. The number of aliphatic carboxylic acids is 1. The fraction of sp³-hybridized carbons (Fsp3) is 0.357. The molecule has 0 saturated carbocycles. The van der Waals surface area contributed by atoms with E-state index >= 15 is 0 Å². The van der Waals surface area contributed by atoms with Gasteiger partial charge >= 0.3 is 12.0 Å². The van der Waals surface area contributed by atoms with Crippen LogP contribution in [0.4, 0.5) is 10.5 Å². The average Bonchev–Trinajstić information content (AvgIpc) is 2.36. The second kappa shape index (κ2) is 7.28. The summed E-state index contributed by atoms with van der Waals surface area (Å²) < 4.78 is 0. The number of para-hydroxylation sites is 1. The molecule has 0 aliphatic heterocycles. The highest BCUT2D eigenvalue weighted by atomic mass is 16.4. The second-order valence-corrected chi connectivity index (χ2v) is 4.64. The molecule has 3 N–H and O–H groups in total. The Bertz CT molecular complexity index is 512. The Morgan fingerprint density at radius 1 is 1.15 bits per heavy atom. The van der Waals surface area contributed by atoms with Crippen LogP contribution in [0.2, 0.25) is 0 Å². The van der Waals surface area contributed by atoms with E-state index in [0.29, 0.717) is 5.69 Å². The Hall–Kier alpha value is -2.37. The van der Waals surface area contributed by atoms with Crippen molar-refractivity contribution in [1.82, 2.24) is 5.32 Å². The van der Waals surface area contributed by atoms with Gasteiger partial charge in [-0.3, -0.25) is 14.9 Å². The van der Waals surface area contributed by atoms with Crippen LogP contribution in [-0.4, -0.2) is 23.0 Å². The van der Waals surface area contributed by atoms with E-state index in [1.54, 1.807) is 12.1 Å². The fourth-order valence-electron chi connectivity index (χ4n) is 1.68. The van der Waals surface area contributed by atoms with Crippen LogP contribution < -0.4 is 10.6 Å². The van der Waals surface area contributed by atoms with Crippen molar-refractivity contribution in [2.45, 2.75) is 32.6 Å². The molecule has 0 atom stereocenters. The van der Waals surface area contributed by atoms with E-state index in [0.717, 1.165) is 5.56 Å². The van der Waals surface area contributed by atoms with Crippen molar-refractivity contribution in [2.24, 2.45) is 0 Å². The van der Waals surface area contributed by atoms with Gasteiger partial charge in [0.15, 0.2) is 0 Å². The number of rotatable bonds is 5. The predicted molar refractivity (Wildman–Crippen MR) is 74.6 cm³/mol. The largest absolute Gasteiger partial charge is 0.481 e. The summed E-state index contributed by atoms with van der Waals surface area (Å²) in [5.74, 6) is -1.47. The van der Waals surface area contributed by atoms with Gasteiger partial charge in [-0.05, 0) is 17.5 Å². The molecule has 0 aromatic heterocycles. The minimum atomic E-state index is -1.08. The quantitative estimate of drug-likeness (QED) is 0.770. The summed E-state index contributed by atoms with van der Waals surface area (Å²) >= 11 is 0. The highest BCUT2D eigenvalue weighted by molar-refractivity contribution is 6.02. The summed E-state index contributed by atoms with van der Waals surface area (Å²) in [6.45, 7) is 3.99. The Morgan fingerprint density at radius 3 is 2.40 bits per heavy atom. The van der Waals surface area contributed by atoms with E-state index in [1.807, 2.05) is 26.0 Å². The average molecular weight is 278 g/mol. The van der Waals surface area contributed by atoms with Crippen LogP contribution in [0, 0.1) is 0 Å². The number of amides is 3. The molecule has 1 rings (SSSR count). The molecule has 0 radical (unpaired) electrons. The molecule has 0 fully saturated rings. The molecule has 1 aromatic rings. The molecular formula is C14H18N2O4. The lowest BCUT2D eigenvalue weighted by Gasteiger charge is -2.13. The predicted octanol–water partition coefficient (Wildman–Crippen LogP) is 2.32. The van der Waals surface area contributed by atoms with Gasteiger partial charge in [0.25, 0.3) is 0 Å². The van der Waals surface area contributed by atoms with Gasteiger partial charge in [-0.1, -0.05) is 32.0 Å². The summed E-state index contributed by atoms with van der Waals surface area (Å²) in [4.78, 5) is 33.3.